The van der Waals surface area contributed by atoms with Gasteiger partial charge in [0.1, 0.15) is 0 Å². The molecule has 0 heterocycles. The summed E-state index contributed by atoms with van der Waals surface area (Å²) in [5, 5.41) is 2.89. The smallest absolute Gasteiger partial charge is 0.288 e. The number of carbonyl (C=O) groups is 1. The molecule has 3 rings (SSSR count). The molecule has 2 fully saturated rings. The second kappa shape index (κ2) is 7.18. The van der Waals surface area contributed by atoms with E-state index in [0.29, 0.717) is 34.2 Å². The topological polar surface area (TPSA) is 55.1 Å². The molecule has 0 radical (unpaired) electrons. The number of fused-ring (bicyclic) bond motifs is 2. The Hall–Kier alpha value is -1.14. The molecule has 0 aromatic heterocycles. The third kappa shape index (κ3) is 4.04. The van der Waals surface area contributed by atoms with Crippen molar-refractivity contribution >= 4 is 23.4 Å². The third-order valence-corrected chi connectivity index (χ3v) is 5.81. The quantitative estimate of drug-likeness (QED) is 0.812. The van der Waals surface area contributed by atoms with Crippen molar-refractivity contribution < 1.29 is 13.6 Å². The van der Waals surface area contributed by atoms with Crippen molar-refractivity contribution in [2.24, 2.45) is 23.5 Å². The lowest BCUT2D eigenvalue weighted by molar-refractivity contribution is -0.122. The van der Waals surface area contributed by atoms with E-state index in [1.54, 1.807) is 24.3 Å². The van der Waals surface area contributed by atoms with Crippen LogP contribution < -0.4 is 11.1 Å². The van der Waals surface area contributed by atoms with Crippen molar-refractivity contribution in [1.82, 2.24) is 0 Å². The number of nitrogens with two attached hydrogens (primary N) is 1. The molecular weight excluding hydrogens is 318 g/mol. The number of hydrogen-bond donors (Lipinski definition) is 2. The Morgan fingerprint density at radius 3 is 2.61 bits per heavy atom. The van der Waals surface area contributed by atoms with Crippen LogP contribution in [0.2, 0.25) is 0 Å². The summed E-state index contributed by atoms with van der Waals surface area (Å²) in [5.41, 5.74) is 6.84. The molecule has 3 N–H and O–H groups in total. The summed E-state index contributed by atoms with van der Waals surface area (Å²) in [6, 6.07) is 6.88. The molecule has 23 heavy (non-hydrogen) atoms. The molecule has 2 unspecified atom stereocenters. The highest BCUT2D eigenvalue weighted by atomic mass is 32.2. The van der Waals surface area contributed by atoms with Crippen molar-refractivity contribution in [2.45, 2.75) is 48.8 Å². The zero-order valence-corrected chi connectivity index (χ0v) is 13.7. The van der Waals surface area contributed by atoms with Gasteiger partial charge in [-0.15, -0.1) is 0 Å². The molecule has 0 aliphatic heterocycles. The Morgan fingerprint density at radius 1 is 1.26 bits per heavy atom. The monoisotopic (exact) mass is 340 g/mol. The van der Waals surface area contributed by atoms with Crippen LogP contribution >= 0.6 is 11.8 Å². The van der Waals surface area contributed by atoms with Gasteiger partial charge in [-0.05, 0) is 55.7 Å². The van der Waals surface area contributed by atoms with Gasteiger partial charge in [-0.3, -0.25) is 4.79 Å². The lowest BCUT2D eigenvalue weighted by Gasteiger charge is -2.43. The number of amides is 1. The Morgan fingerprint density at radius 2 is 1.96 bits per heavy atom. The second-order valence-corrected chi connectivity index (χ2v) is 7.66. The maximum Gasteiger partial charge on any atom is 0.288 e. The van der Waals surface area contributed by atoms with E-state index in [9.17, 15) is 13.6 Å². The number of alkyl halides is 2. The van der Waals surface area contributed by atoms with Crippen LogP contribution in [-0.2, 0) is 4.79 Å². The highest BCUT2D eigenvalue weighted by Crippen LogP contribution is 2.42. The number of thioether (sulfide) groups is 1. The van der Waals surface area contributed by atoms with Gasteiger partial charge < -0.3 is 11.1 Å². The fraction of sp³-hybridized carbons (Fsp3) is 0.588. The van der Waals surface area contributed by atoms with Crippen molar-refractivity contribution in [1.29, 1.82) is 0 Å². The number of hydrogen-bond acceptors (Lipinski definition) is 3. The molecular formula is C17H22F2N2OS. The molecule has 2 atom stereocenters. The third-order valence-electron chi connectivity index (χ3n) is 5.11. The molecule has 1 aromatic rings. The van der Waals surface area contributed by atoms with Crippen LogP contribution in [0.25, 0.3) is 0 Å². The van der Waals surface area contributed by atoms with Crippen LogP contribution in [0.1, 0.15) is 32.1 Å². The van der Waals surface area contributed by atoms with Gasteiger partial charge in [0.15, 0.2) is 0 Å². The standard InChI is InChI=1S/C17H22F2N2OS/c18-17(19)23-14-6-2-5-13(9-14)21-16(22)12-7-10-3-1-4-11(8-12)15(10)20/h2,5-6,9-12,15,17H,1,3-4,7-8,20H2,(H,21,22). The van der Waals surface area contributed by atoms with Gasteiger partial charge in [0.25, 0.3) is 5.76 Å². The molecule has 3 nitrogen and oxygen atoms in total. The van der Waals surface area contributed by atoms with E-state index in [-0.39, 0.29) is 17.9 Å². The number of halogens is 2. The summed E-state index contributed by atoms with van der Waals surface area (Å²) in [6.07, 6.45) is 5.12. The van der Waals surface area contributed by atoms with Crippen LogP contribution in [0.15, 0.2) is 29.2 Å². The predicted molar refractivity (Wildman–Crippen MR) is 88.5 cm³/mol. The van der Waals surface area contributed by atoms with E-state index in [4.69, 9.17) is 5.73 Å². The zero-order chi connectivity index (χ0) is 16.4. The number of carbonyl (C=O) groups excluding carboxylic acids is 1. The maximum absolute atomic E-state index is 12.5. The lowest BCUT2D eigenvalue weighted by atomic mass is 9.65. The molecule has 2 saturated carbocycles. The number of anilines is 1. The van der Waals surface area contributed by atoms with E-state index >= 15 is 0 Å². The minimum Gasteiger partial charge on any atom is -0.327 e. The molecule has 6 heteroatoms. The molecule has 2 aliphatic rings. The maximum atomic E-state index is 12.5. The van der Waals surface area contributed by atoms with Crippen molar-refractivity contribution in [3.05, 3.63) is 24.3 Å². The molecule has 2 aliphatic carbocycles. The first-order chi connectivity index (χ1) is 11.0. The summed E-state index contributed by atoms with van der Waals surface area (Å²) in [7, 11) is 0. The van der Waals surface area contributed by atoms with E-state index in [2.05, 4.69) is 5.32 Å². The van der Waals surface area contributed by atoms with Crippen LogP contribution in [0.5, 0.6) is 0 Å². The van der Waals surface area contributed by atoms with E-state index < -0.39 is 5.76 Å². The number of nitrogens with one attached hydrogen (secondary N) is 1. The Kier molecular flexibility index (Phi) is 5.21. The summed E-state index contributed by atoms with van der Waals surface area (Å²) in [4.78, 5) is 13.0. The predicted octanol–water partition coefficient (Wildman–Crippen LogP) is 4.09. The number of rotatable bonds is 4. The van der Waals surface area contributed by atoms with Crippen LogP contribution in [0, 0.1) is 17.8 Å². The average Bonchev–Trinajstić information content (AvgIpc) is 2.46. The first-order valence-electron chi connectivity index (χ1n) is 8.14. The van der Waals surface area contributed by atoms with Crippen LogP contribution in [0.4, 0.5) is 14.5 Å². The van der Waals surface area contributed by atoms with Crippen LogP contribution in [0.3, 0.4) is 0 Å². The minimum absolute atomic E-state index is 0.00648. The normalized spacial score (nSPS) is 30.3. The average molecular weight is 340 g/mol. The molecule has 2 bridgehead atoms. The SMILES string of the molecule is NC1C2CCCC1CC(C(=O)Nc1cccc(SC(F)F)c1)C2. The molecule has 0 saturated heterocycles. The van der Waals surface area contributed by atoms with E-state index in [1.165, 1.54) is 6.42 Å². The summed E-state index contributed by atoms with van der Waals surface area (Å²) < 4.78 is 24.9. The summed E-state index contributed by atoms with van der Waals surface area (Å²) >= 11 is 0.488. The van der Waals surface area contributed by atoms with Gasteiger partial charge in [0.2, 0.25) is 5.91 Å². The Bertz CT molecular complexity index is 555. The summed E-state index contributed by atoms with van der Waals surface area (Å²) in [5.74, 6) is -1.59. The van der Waals surface area contributed by atoms with Gasteiger partial charge in [0.05, 0.1) is 0 Å². The fourth-order valence-electron chi connectivity index (χ4n) is 4.00. The first-order valence-corrected chi connectivity index (χ1v) is 9.02. The second-order valence-electron chi connectivity index (χ2n) is 6.59. The summed E-state index contributed by atoms with van der Waals surface area (Å²) in [6.45, 7) is 0. The molecule has 0 spiro atoms. The number of benzene rings is 1. The lowest BCUT2D eigenvalue weighted by Crippen LogP contribution is -2.48. The minimum atomic E-state index is -2.46. The Labute approximate surface area is 139 Å². The van der Waals surface area contributed by atoms with E-state index in [0.717, 1.165) is 25.7 Å². The van der Waals surface area contributed by atoms with Crippen molar-refractivity contribution in [3.8, 4) is 0 Å². The van der Waals surface area contributed by atoms with E-state index in [1.807, 2.05) is 0 Å². The van der Waals surface area contributed by atoms with Crippen molar-refractivity contribution in [3.63, 3.8) is 0 Å². The van der Waals surface area contributed by atoms with Crippen LogP contribution in [-0.4, -0.2) is 17.7 Å². The Balaban J connectivity index is 1.63. The highest BCUT2D eigenvalue weighted by molar-refractivity contribution is 7.99. The molecule has 1 aromatic carbocycles. The molecule has 126 valence electrons. The van der Waals surface area contributed by atoms with Gasteiger partial charge in [-0.2, -0.15) is 8.78 Å². The highest BCUT2D eigenvalue weighted by Gasteiger charge is 2.40. The van der Waals surface area contributed by atoms with Gasteiger partial charge in [0, 0.05) is 22.5 Å². The fourth-order valence-corrected chi connectivity index (χ4v) is 4.56. The van der Waals surface area contributed by atoms with Gasteiger partial charge in [-0.25, -0.2) is 0 Å². The zero-order valence-electron chi connectivity index (χ0n) is 12.9. The van der Waals surface area contributed by atoms with Crippen molar-refractivity contribution in [2.75, 3.05) is 5.32 Å². The van der Waals surface area contributed by atoms with Gasteiger partial charge in [-0.1, -0.05) is 24.2 Å². The largest absolute Gasteiger partial charge is 0.327 e. The molecule has 1 amide bonds. The first kappa shape index (κ1) is 16.7. The van der Waals surface area contributed by atoms with Gasteiger partial charge >= 0.3 is 0 Å².